The lowest BCUT2D eigenvalue weighted by Gasteiger charge is -2.22. The molecule has 0 saturated heterocycles. The van der Waals surface area contributed by atoms with Crippen molar-refractivity contribution in [2.45, 2.75) is 32.9 Å². The van der Waals surface area contributed by atoms with Gasteiger partial charge < -0.3 is 24.5 Å². The fraction of sp³-hybridized carbons (Fsp3) is 0.350. The van der Waals surface area contributed by atoms with E-state index in [-0.39, 0.29) is 11.7 Å². The molecule has 0 aliphatic heterocycles. The molecule has 1 aromatic heterocycles. The molecule has 1 heterocycles. The summed E-state index contributed by atoms with van der Waals surface area (Å²) in [5.41, 5.74) is 0.462. The van der Waals surface area contributed by atoms with Crippen molar-refractivity contribution in [3.63, 3.8) is 0 Å². The molecule has 1 aromatic carbocycles. The van der Waals surface area contributed by atoms with E-state index in [1.165, 1.54) is 26.4 Å². The van der Waals surface area contributed by atoms with E-state index < -0.39 is 29.9 Å². The molecule has 0 aliphatic carbocycles. The molecule has 0 fully saturated rings. The summed E-state index contributed by atoms with van der Waals surface area (Å²) in [4.78, 5) is 37.0. The van der Waals surface area contributed by atoms with Gasteiger partial charge in [0.25, 0.3) is 11.8 Å². The average Bonchev–Trinajstić information content (AvgIpc) is 3.20. The number of ether oxygens (including phenoxy) is 2. The number of furan rings is 1. The number of carbonyl (C=O) groups is 3. The van der Waals surface area contributed by atoms with E-state index in [0.717, 1.165) is 0 Å². The minimum Gasteiger partial charge on any atom is -0.495 e. The Kier molecular flexibility index (Phi) is 7.20. The van der Waals surface area contributed by atoms with Gasteiger partial charge in [0.1, 0.15) is 11.8 Å². The highest BCUT2D eigenvalue weighted by Gasteiger charge is 2.30. The standard InChI is InChI=1S/C20H24N2O6/c1-12(2)17(22-19(24)16-10-7-11-27-16)20(25)28-13(3)18(23)21-14-8-5-6-9-15(14)26-4/h5-13,17H,1-4H3,(H,21,23)(H,22,24)/t13-,17-/m0/s1. The maximum atomic E-state index is 12.5. The summed E-state index contributed by atoms with van der Waals surface area (Å²) in [5, 5.41) is 5.23. The molecule has 150 valence electrons. The van der Waals surface area contributed by atoms with Crippen LogP contribution in [0.2, 0.25) is 0 Å². The second-order valence-electron chi connectivity index (χ2n) is 6.44. The predicted octanol–water partition coefficient (Wildman–Crippen LogP) is 2.61. The summed E-state index contributed by atoms with van der Waals surface area (Å²) >= 11 is 0. The van der Waals surface area contributed by atoms with Crippen LogP contribution in [-0.2, 0) is 14.3 Å². The summed E-state index contributed by atoms with van der Waals surface area (Å²) in [6.45, 7) is 4.97. The van der Waals surface area contributed by atoms with E-state index in [4.69, 9.17) is 13.9 Å². The van der Waals surface area contributed by atoms with Crippen LogP contribution in [0.4, 0.5) is 5.69 Å². The Balaban J connectivity index is 1.99. The van der Waals surface area contributed by atoms with Crippen molar-refractivity contribution in [3.05, 3.63) is 48.4 Å². The van der Waals surface area contributed by atoms with Gasteiger partial charge in [-0.15, -0.1) is 0 Å². The monoisotopic (exact) mass is 388 g/mol. The molecule has 2 atom stereocenters. The molecule has 28 heavy (non-hydrogen) atoms. The minimum atomic E-state index is -1.07. The zero-order chi connectivity index (χ0) is 20.7. The maximum Gasteiger partial charge on any atom is 0.329 e. The zero-order valence-electron chi connectivity index (χ0n) is 16.2. The molecule has 2 aromatic rings. The number of nitrogens with one attached hydrogen (secondary N) is 2. The lowest BCUT2D eigenvalue weighted by molar-refractivity contribution is -0.156. The van der Waals surface area contributed by atoms with Gasteiger partial charge >= 0.3 is 5.97 Å². The fourth-order valence-electron chi connectivity index (χ4n) is 2.40. The van der Waals surface area contributed by atoms with Crippen LogP contribution in [-0.4, -0.2) is 37.0 Å². The van der Waals surface area contributed by atoms with Gasteiger partial charge in [-0.05, 0) is 37.1 Å². The first-order chi connectivity index (χ1) is 13.3. The Morgan fingerprint density at radius 2 is 1.75 bits per heavy atom. The Morgan fingerprint density at radius 1 is 1.04 bits per heavy atom. The third kappa shape index (κ3) is 5.35. The highest BCUT2D eigenvalue weighted by molar-refractivity contribution is 5.97. The van der Waals surface area contributed by atoms with Gasteiger partial charge in [0.2, 0.25) is 0 Å². The van der Waals surface area contributed by atoms with E-state index in [1.807, 2.05) is 0 Å². The lowest BCUT2D eigenvalue weighted by atomic mass is 10.0. The number of para-hydroxylation sites is 2. The van der Waals surface area contributed by atoms with Crippen LogP contribution in [0.25, 0.3) is 0 Å². The van der Waals surface area contributed by atoms with Crippen molar-refractivity contribution in [3.8, 4) is 5.75 Å². The van der Waals surface area contributed by atoms with E-state index in [2.05, 4.69) is 10.6 Å². The second-order valence-corrected chi connectivity index (χ2v) is 6.44. The van der Waals surface area contributed by atoms with Crippen LogP contribution in [0.1, 0.15) is 31.3 Å². The molecular weight excluding hydrogens is 364 g/mol. The van der Waals surface area contributed by atoms with Crippen molar-refractivity contribution in [2.75, 3.05) is 12.4 Å². The Labute approximate surface area is 163 Å². The van der Waals surface area contributed by atoms with Crippen LogP contribution in [0.5, 0.6) is 5.75 Å². The van der Waals surface area contributed by atoms with Crippen molar-refractivity contribution < 1.29 is 28.3 Å². The smallest absolute Gasteiger partial charge is 0.329 e. The zero-order valence-corrected chi connectivity index (χ0v) is 16.2. The predicted molar refractivity (Wildman–Crippen MR) is 102 cm³/mol. The van der Waals surface area contributed by atoms with Crippen molar-refractivity contribution >= 4 is 23.5 Å². The number of benzene rings is 1. The average molecular weight is 388 g/mol. The van der Waals surface area contributed by atoms with Gasteiger partial charge in [0, 0.05) is 0 Å². The number of hydrogen-bond donors (Lipinski definition) is 2. The number of carbonyl (C=O) groups excluding carboxylic acids is 3. The van der Waals surface area contributed by atoms with Crippen LogP contribution < -0.4 is 15.4 Å². The third-order valence-electron chi connectivity index (χ3n) is 3.98. The van der Waals surface area contributed by atoms with E-state index in [9.17, 15) is 14.4 Å². The molecule has 0 saturated carbocycles. The summed E-state index contributed by atoms with van der Waals surface area (Å²) < 4.78 is 15.5. The maximum absolute atomic E-state index is 12.5. The number of anilines is 1. The van der Waals surface area contributed by atoms with Crippen molar-refractivity contribution in [1.29, 1.82) is 0 Å². The number of esters is 1. The number of methoxy groups -OCH3 is 1. The minimum absolute atomic E-state index is 0.0837. The highest BCUT2D eigenvalue weighted by atomic mass is 16.5. The molecular formula is C20H24N2O6. The molecule has 8 heteroatoms. The van der Waals surface area contributed by atoms with Gasteiger partial charge in [-0.25, -0.2) is 4.79 Å². The first-order valence-electron chi connectivity index (χ1n) is 8.82. The van der Waals surface area contributed by atoms with Gasteiger partial charge in [-0.2, -0.15) is 0 Å². The summed E-state index contributed by atoms with van der Waals surface area (Å²) in [7, 11) is 1.49. The molecule has 0 aliphatic rings. The van der Waals surface area contributed by atoms with Gasteiger partial charge in [-0.3, -0.25) is 9.59 Å². The Bertz CT molecular complexity index is 816. The molecule has 0 bridgehead atoms. The number of hydrogen-bond acceptors (Lipinski definition) is 6. The topological polar surface area (TPSA) is 107 Å². The van der Waals surface area contributed by atoms with Crippen LogP contribution >= 0.6 is 0 Å². The van der Waals surface area contributed by atoms with Crippen LogP contribution in [0.3, 0.4) is 0 Å². The van der Waals surface area contributed by atoms with E-state index in [0.29, 0.717) is 11.4 Å². The number of amides is 2. The summed E-state index contributed by atoms with van der Waals surface area (Å²) in [6, 6.07) is 9.01. The highest BCUT2D eigenvalue weighted by Crippen LogP contribution is 2.23. The largest absolute Gasteiger partial charge is 0.495 e. The fourth-order valence-corrected chi connectivity index (χ4v) is 2.40. The molecule has 0 spiro atoms. The Hall–Kier alpha value is -3.29. The van der Waals surface area contributed by atoms with Gasteiger partial charge in [0.05, 0.1) is 19.1 Å². The number of rotatable bonds is 8. The van der Waals surface area contributed by atoms with Crippen LogP contribution in [0, 0.1) is 5.92 Å². The summed E-state index contributed by atoms with van der Waals surface area (Å²) in [6.07, 6.45) is 0.293. The van der Waals surface area contributed by atoms with Gasteiger partial charge in [-0.1, -0.05) is 26.0 Å². The second kappa shape index (κ2) is 9.59. The SMILES string of the molecule is COc1ccccc1NC(=O)[C@H](C)OC(=O)[C@@H](NC(=O)c1ccco1)C(C)C. The van der Waals surface area contributed by atoms with Crippen molar-refractivity contribution in [1.82, 2.24) is 5.32 Å². The van der Waals surface area contributed by atoms with Gasteiger partial charge in [0.15, 0.2) is 11.9 Å². The molecule has 0 radical (unpaired) electrons. The van der Waals surface area contributed by atoms with E-state index >= 15 is 0 Å². The molecule has 8 nitrogen and oxygen atoms in total. The summed E-state index contributed by atoms with van der Waals surface area (Å²) in [5.74, 6) is -1.45. The quantitative estimate of drug-likeness (QED) is 0.673. The normalized spacial score (nSPS) is 12.8. The lowest BCUT2D eigenvalue weighted by Crippen LogP contribution is -2.47. The van der Waals surface area contributed by atoms with E-state index in [1.54, 1.807) is 44.2 Å². The Morgan fingerprint density at radius 3 is 2.36 bits per heavy atom. The first kappa shape index (κ1) is 21.0. The molecule has 2 rings (SSSR count). The third-order valence-corrected chi connectivity index (χ3v) is 3.98. The molecule has 0 unspecified atom stereocenters. The molecule has 2 amide bonds. The first-order valence-corrected chi connectivity index (χ1v) is 8.82. The molecule has 2 N–H and O–H groups in total. The van der Waals surface area contributed by atoms with Crippen LogP contribution in [0.15, 0.2) is 47.1 Å². The van der Waals surface area contributed by atoms with Crippen molar-refractivity contribution in [2.24, 2.45) is 5.92 Å².